The van der Waals surface area contributed by atoms with E-state index >= 15 is 0 Å². The number of carbonyl (C=O) groups is 2. The Bertz CT molecular complexity index is 1160. The van der Waals surface area contributed by atoms with Crippen molar-refractivity contribution in [2.24, 2.45) is 0 Å². The number of benzene rings is 2. The molecule has 0 bridgehead atoms. The molecule has 1 aliphatic carbocycles. The number of nitrogens with one attached hydrogen (secondary N) is 1. The lowest BCUT2D eigenvalue weighted by Gasteiger charge is -2.34. The van der Waals surface area contributed by atoms with E-state index in [9.17, 15) is 22.4 Å². The van der Waals surface area contributed by atoms with Crippen LogP contribution in [0.5, 0.6) is 0 Å². The van der Waals surface area contributed by atoms with Crippen LogP contribution < -0.4 is 9.62 Å². The highest BCUT2D eigenvalue weighted by Crippen LogP contribution is 2.22. The molecular weight excluding hydrogens is 495 g/mol. The Morgan fingerprint density at radius 3 is 2.16 bits per heavy atom. The third-order valence-electron chi connectivity index (χ3n) is 6.73. The van der Waals surface area contributed by atoms with Crippen LogP contribution >= 0.6 is 0 Å². The van der Waals surface area contributed by atoms with Crippen molar-refractivity contribution in [3.8, 4) is 0 Å². The lowest BCUT2D eigenvalue weighted by Crippen LogP contribution is -2.53. The molecule has 1 atom stereocenters. The second kappa shape index (κ2) is 12.5. The van der Waals surface area contributed by atoms with Gasteiger partial charge in [0.2, 0.25) is 11.8 Å². The first-order chi connectivity index (χ1) is 17.5. The fourth-order valence-electron chi connectivity index (χ4n) is 4.37. The van der Waals surface area contributed by atoms with E-state index in [2.05, 4.69) is 5.32 Å². The van der Waals surface area contributed by atoms with Gasteiger partial charge in [-0.1, -0.05) is 49.1 Å². The summed E-state index contributed by atoms with van der Waals surface area (Å²) in [6.45, 7) is 3.21. The van der Waals surface area contributed by atoms with Crippen molar-refractivity contribution in [3.63, 3.8) is 0 Å². The SMILES string of the molecule is Cc1ccc(CN(C(=O)CN(c2ccc(F)cc2)S(=O)(=O)N(C)C)[C@@H](C)C(=O)NC2CCCCC2)cc1. The van der Waals surface area contributed by atoms with E-state index in [0.29, 0.717) is 0 Å². The number of rotatable bonds is 10. The molecule has 1 N–H and O–H groups in total. The van der Waals surface area contributed by atoms with Gasteiger partial charge in [0.1, 0.15) is 18.4 Å². The molecule has 37 heavy (non-hydrogen) atoms. The molecule has 2 aromatic rings. The zero-order chi connectivity index (χ0) is 27.2. The first kappa shape index (κ1) is 28.6. The lowest BCUT2D eigenvalue weighted by atomic mass is 9.95. The number of hydrogen-bond donors (Lipinski definition) is 1. The molecule has 0 aliphatic heterocycles. The first-order valence-electron chi connectivity index (χ1n) is 12.6. The highest BCUT2D eigenvalue weighted by Gasteiger charge is 2.33. The molecule has 10 heteroatoms. The van der Waals surface area contributed by atoms with E-state index in [1.54, 1.807) is 6.92 Å². The van der Waals surface area contributed by atoms with Crippen LogP contribution in [0.4, 0.5) is 10.1 Å². The van der Waals surface area contributed by atoms with Crippen LogP contribution in [0.2, 0.25) is 0 Å². The van der Waals surface area contributed by atoms with Crippen LogP contribution in [0.1, 0.15) is 50.2 Å². The standard InChI is InChI=1S/C27H37FN4O4S/c1-20-10-12-22(13-11-20)18-31(21(2)27(34)29-24-8-6-5-7-9-24)26(33)19-32(37(35,36)30(3)4)25-16-14-23(28)15-17-25/h10-17,21,24H,5-9,18-19H2,1-4H3,(H,29,34)/t21-/m0/s1. The average Bonchev–Trinajstić information content (AvgIpc) is 2.87. The summed E-state index contributed by atoms with van der Waals surface area (Å²) >= 11 is 0. The Balaban J connectivity index is 1.90. The summed E-state index contributed by atoms with van der Waals surface area (Å²) in [6.07, 6.45) is 5.08. The van der Waals surface area contributed by atoms with Crippen molar-refractivity contribution >= 4 is 27.7 Å². The van der Waals surface area contributed by atoms with Crippen molar-refractivity contribution in [1.29, 1.82) is 0 Å². The van der Waals surface area contributed by atoms with Crippen LogP contribution in [0.15, 0.2) is 48.5 Å². The smallest absolute Gasteiger partial charge is 0.304 e. The maximum absolute atomic E-state index is 13.7. The van der Waals surface area contributed by atoms with Crippen molar-refractivity contribution in [3.05, 3.63) is 65.5 Å². The van der Waals surface area contributed by atoms with Gasteiger partial charge in [-0.05, 0) is 56.5 Å². The molecule has 0 spiro atoms. The third-order valence-corrected chi connectivity index (χ3v) is 8.55. The first-order valence-corrected chi connectivity index (χ1v) is 14.0. The maximum atomic E-state index is 13.7. The largest absolute Gasteiger partial charge is 0.352 e. The van der Waals surface area contributed by atoms with Crippen LogP contribution in [0.25, 0.3) is 0 Å². The van der Waals surface area contributed by atoms with E-state index in [0.717, 1.165) is 64.0 Å². The zero-order valence-electron chi connectivity index (χ0n) is 22.0. The third kappa shape index (κ3) is 7.52. The van der Waals surface area contributed by atoms with Gasteiger partial charge < -0.3 is 10.2 Å². The minimum Gasteiger partial charge on any atom is -0.352 e. The van der Waals surface area contributed by atoms with Gasteiger partial charge in [0.15, 0.2) is 0 Å². The molecule has 202 valence electrons. The van der Waals surface area contributed by atoms with Gasteiger partial charge in [-0.2, -0.15) is 12.7 Å². The monoisotopic (exact) mass is 532 g/mol. The summed E-state index contributed by atoms with van der Waals surface area (Å²) in [6, 6.07) is 11.8. The van der Waals surface area contributed by atoms with E-state index < -0.39 is 34.5 Å². The number of nitrogens with zero attached hydrogens (tertiary/aromatic N) is 3. The number of anilines is 1. The molecule has 0 radical (unpaired) electrons. The highest BCUT2D eigenvalue weighted by molar-refractivity contribution is 7.90. The number of halogens is 1. The molecule has 0 aromatic heterocycles. The van der Waals surface area contributed by atoms with Crippen LogP contribution in [0, 0.1) is 12.7 Å². The maximum Gasteiger partial charge on any atom is 0.304 e. The lowest BCUT2D eigenvalue weighted by molar-refractivity contribution is -0.139. The second-order valence-corrected chi connectivity index (χ2v) is 11.9. The van der Waals surface area contributed by atoms with Gasteiger partial charge >= 0.3 is 10.2 Å². The van der Waals surface area contributed by atoms with Crippen molar-refractivity contribution in [2.45, 2.75) is 64.6 Å². The predicted octanol–water partition coefficient (Wildman–Crippen LogP) is 3.61. The van der Waals surface area contributed by atoms with E-state index in [-0.39, 0.29) is 24.2 Å². The summed E-state index contributed by atoms with van der Waals surface area (Å²) in [5.74, 6) is -1.33. The van der Waals surface area contributed by atoms with E-state index in [1.165, 1.54) is 31.1 Å². The summed E-state index contributed by atoms with van der Waals surface area (Å²) in [5.41, 5.74) is 2.03. The minimum absolute atomic E-state index is 0.0739. The van der Waals surface area contributed by atoms with Crippen molar-refractivity contribution < 1.29 is 22.4 Å². The Morgan fingerprint density at radius 1 is 1.00 bits per heavy atom. The molecule has 1 aliphatic rings. The Hall–Kier alpha value is -2.98. The number of carbonyl (C=O) groups excluding carboxylic acids is 2. The van der Waals surface area contributed by atoms with Gasteiger partial charge in [-0.25, -0.2) is 8.70 Å². The Labute approximate surface area is 219 Å². The second-order valence-electron chi connectivity index (χ2n) is 9.80. The molecule has 1 fully saturated rings. The van der Waals surface area contributed by atoms with Gasteiger partial charge in [-0.3, -0.25) is 9.59 Å². The number of hydrogen-bond acceptors (Lipinski definition) is 4. The molecular formula is C27H37FN4O4S. The topological polar surface area (TPSA) is 90.0 Å². The van der Waals surface area contributed by atoms with Gasteiger partial charge in [0.05, 0.1) is 5.69 Å². The van der Waals surface area contributed by atoms with E-state index in [1.807, 2.05) is 31.2 Å². The number of aryl methyl sites for hydroxylation is 1. The van der Waals surface area contributed by atoms with Crippen LogP contribution in [-0.2, 0) is 26.3 Å². The zero-order valence-corrected chi connectivity index (χ0v) is 22.8. The van der Waals surface area contributed by atoms with E-state index in [4.69, 9.17) is 0 Å². The molecule has 1 saturated carbocycles. The minimum atomic E-state index is -4.08. The molecule has 2 amide bonds. The number of amides is 2. The molecule has 0 unspecified atom stereocenters. The van der Waals surface area contributed by atoms with Crippen LogP contribution in [-0.4, -0.2) is 62.2 Å². The predicted molar refractivity (Wildman–Crippen MR) is 143 cm³/mol. The molecule has 3 rings (SSSR count). The van der Waals surface area contributed by atoms with Crippen molar-refractivity contribution in [2.75, 3.05) is 24.9 Å². The Kier molecular flexibility index (Phi) is 9.67. The van der Waals surface area contributed by atoms with Crippen molar-refractivity contribution in [1.82, 2.24) is 14.5 Å². The fraction of sp³-hybridized carbons (Fsp3) is 0.481. The fourth-order valence-corrected chi connectivity index (χ4v) is 5.42. The Morgan fingerprint density at radius 2 is 1.59 bits per heavy atom. The van der Waals surface area contributed by atoms with Gasteiger partial charge in [0, 0.05) is 26.7 Å². The molecule has 2 aromatic carbocycles. The normalized spacial score (nSPS) is 15.3. The van der Waals surface area contributed by atoms with Gasteiger partial charge in [-0.15, -0.1) is 0 Å². The summed E-state index contributed by atoms with van der Waals surface area (Å²) in [4.78, 5) is 28.3. The molecule has 0 heterocycles. The summed E-state index contributed by atoms with van der Waals surface area (Å²) < 4.78 is 41.8. The average molecular weight is 533 g/mol. The quantitative estimate of drug-likeness (QED) is 0.506. The highest BCUT2D eigenvalue weighted by atomic mass is 32.2. The summed E-state index contributed by atoms with van der Waals surface area (Å²) in [7, 11) is -1.36. The van der Waals surface area contributed by atoms with Crippen LogP contribution in [0.3, 0.4) is 0 Å². The van der Waals surface area contributed by atoms with Gasteiger partial charge in [0.25, 0.3) is 0 Å². The molecule has 0 saturated heterocycles. The molecule has 8 nitrogen and oxygen atoms in total. The summed E-state index contributed by atoms with van der Waals surface area (Å²) in [5, 5.41) is 3.07.